The molecule has 0 N–H and O–H groups in total. The fraction of sp³-hybridized carbons (Fsp3) is 0.700. The van der Waals surface area contributed by atoms with Gasteiger partial charge in [0.15, 0.2) is 0 Å². The van der Waals surface area contributed by atoms with Gasteiger partial charge >= 0.3 is 6.75 Å². The standard InChI is InChI=1S/C20H32BN6O6/c1-2-21(31-25-18-12-6-3-9-15(18)22-28,32-26-19-13-7-4-10-16(19)23-29)33-27-20-14-8-5-11-17(20)24-30/h28-30H,2-14H2,1H3/q-1/p-3/b22-15-,23-16+,24-17?,25-18+,26-19+,27-20+. The van der Waals surface area contributed by atoms with Crippen LogP contribution in [0.25, 0.3) is 0 Å². The molecule has 182 valence electrons. The summed E-state index contributed by atoms with van der Waals surface area (Å²) in [7, 11) is 0. The first-order chi connectivity index (χ1) is 16.1. The molecule has 1 atom stereocenters. The van der Waals surface area contributed by atoms with Gasteiger partial charge in [0.1, 0.15) is 0 Å². The Hall–Kier alpha value is -3.12. The predicted octanol–water partition coefficient (Wildman–Crippen LogP) is 4.60. The largest absolute Gasteiger partial charge is 0.792 e. The zero-order valence-corrected chi connectivity index (χ0v) is 18.9. The lowest BCUT2D eigenvalue weighted by Crippen LogP contribution is -2.42. The van der Waals surface area contributed by atoms with E-state index < -0.39 is 6.75 Å². The maximum atomic E-state index is 11.2. The van der Waals surface area contributed by atoms with E-state index in [-0.39, 0.29) is 6.32 Å². The van der Waals surface area contributed by atoms with Crippen molar-refractivity contribution >= 4 is 41.0 Å². The van der Waals surface area contributed by atoms with Crippen molar-refractivity contribution in [3.8, 4) is 0 Å². The zero-order chi connectivity index (χ0) is 23.5. The molecule has 0 saturated heterocycles. The number of oxime groups is 3. The molecule has 0 bridgehead atoms. The van der Waals surface area contributed by atoms with Crippen molar-refractivity contribution in [2.45, 2.75) is 90.3 Å². The fourth-order valence-corrected chi connectivity index (χ4v) is 3.92. The van der Waals surface area contributed by atoms with Crippen molar-refractivity contribution in [2.75, 3.05) is 0 Å². The maximum absolute atomic E-state index is 11.2. The summed E-state index contributed by atoms with van der Waals surface area (Å²) in [6.45, 7) is -0.944. The van der Waals surface area contributed by atoms with Crippen molar-refractivity contribution in [2.24, 2.45) is 30.9 Å². The minimum atomic E-state index is -2.69. The van der Waals surface area contributed by atoms with E-state index in [1.54, 1.807) is 6.92 Å². The van der Waals surface area contributed by atoms with Crippen LogP contribution in [0.2, 0.25) is 6.32 Å². The summed E-state index contributed by atoms with van der Waals surface area (Å²) in [6.07, 6.45) is 8.49. The lowest BCUT2D eigenvalue weighted by Gasteiger charge is -2.35. The van der Waals surface area contributed by atoms with Crippen LogP contribution < -0.4 is 0 Å². The van der Waals surface area contributed by atoms with Crippen LogP contribution in [0.1, 0.15) is 84.0 Å². The van der Waals surface area contributed by atoms with Crippen LogP contribution in [-0.4, -0.2) is 41.0 Å². The molecule has 33 heavy (non-hydrogen) atoms. The smallest absolute Gasteiger partial charge is 0.608 e. The maximum Gasteiger partial charge on any atom is 0.608 e. The SMILES string of the molecule is CC[B-](O/N=C1\CCCCC1=N[O-])(O/N=C1\CCCC\C1=N\[O-])O/N=C1\CCCC\C1=N/[O-]. The van der Waals surface area contributed by atoms with Gasteiger partial charge < -0.3 is 45.4 Å². The van der Waals surface area contributed by atoms with Gasteiger partial charge in [-0.1, -0.05) is 13.2 Å². The molecule has 0 amide bonds. The molecule has 0 heterocycles. The zero-order valence-electron chi connectivity index (χ0n) is 18.9. The summed E-state index contributed by atoms with van der Waals surface area (Å²) in [6, 6.07) is 0. The Bertz CT molecular complexity index is 762. The van der Waals surface area contributed by atoms with Crippen LogP contribution in [0.15, 0.2) is 30.9 Å². The molecular formula is C20H29BN6O6-4. The lowest BCUT2D eigenvalue weighted by atomic mass is 9.76. The van der Waals surface area contributed by atoms with E-state index in [9.17, 15) is 15.6 Å². The summed E-state index contributed by atoms with van der Waals surface area (Å²) in [5, 5.41) is 55.0. The summed E-state index contributed by atoms with van der Waals surface area (Å²) >= 11 is 0. The van der Waals surface area contributed by atoms with E-state index in [0.717, 1.165) is 38.5 Å². The molecule has 1 unspecified atom stereocenters. The Labute approximate surface area is 192 Å². The predicted molar refractivity (Wildman–Crippen MR) is 130 cm³/mol. The second-order valence-corrected chi connectivity index (χ2v) is 8.36. The quantitative estimate of drug-likeness (QED) is 0.397. The van der Waals surface area contributed by atoms with Gasteiger partial charge in [0.2, 0.25) is 0 Å². The third kappa shape index (κ3) is 6.45. The van der Waals surface area contributed by atoms with E-state index in [1.807, 2.05) is 0 Å². The van der Waals surface area contributed by atoms with Crippen LogP contribution in [0, 0.1) is 15.6 Å². The van der Waals surface area contributed by atoms with Crippen LogP contribution in [0.5, 0.6) is 0 Å². The van der Waals surface area contributed by atoms with Crippen molar-refractivity contribution in [3.63, 3.8) is 0 Å². The average molecular weight is 460 g/mol. The van der Waals surface area contributed by atoms with E-state index in [2.05, 4.69) is 30.9 Å². The van der Waals surface area contributed by atoms with Gasteiger partial charge in [-0.2, -0.15) is 0 Å². The van der Waals surface area contributed by atoms with Gasteiger partial charge in [0.25, 0.3) is 0 Å². The Balaban J connectivity index is 1.87. The van der Waals surface area contributed by atoms with Crippen molar-refractivity contribution in [1.82, 2.24) is 0 Å². The molecule has 3 aliphatic rings. The third-order valence-corrected chi connectivity index (χ3v) is 6.03. The first-order valence-electron chi connectivity index (χ1n) is 11.6. The first-order valence-corrected chi connectivity index (χ1v) is 11.6. The normalized spacial score (nSPS) is 29.0. The third-order valence-electron chi connectivity index (χ3n) is 6.03. The number of hydrogen-bond donors (Lipinski definition) is 0. The summed E-state index contributed by atoms with van der Waals surface area (Å²) in [5.74, 6) is 0. The van der Waals surface area contributed by atoms with E-state index >= 15 is 0 Å². The molecule has 0 aromatic carbocycles. The Morgan fingerprint density at radius 1 is 0.545 bits per heavy atom. The highest BCUT2D eigenvalue weighted by atomic mass is 16.9. The van der Waals surface area contributed by atoms with E-state index in [1.165, 1.54) is 0 Å². The summed E-state index contributed by atoms with van der Waals surface area (Å²) < 4.78 is 17.1. The van der Waals surface area contributed by atoms with Gasteiger partial charge in [-0.25, -0.2) is 0 Å². The molecular weight excluding hydrogens is 431 g/mol. The molecule has 0 aromatic heterocycles. The van der Waals surface area contributed by atoms with Crippen molar-refractivity contribution < 1.29 is 14.3 Å². The monoisotopic (exact) mass is 460 g/mol. The van der Waals surface area contributed by atoms with Crippen LogP contribution in [0.4, 0.5) is 0 Å². The van der Waals surface area contributed by atoms with Gasteiger partial charge in [-0.15, -0.1) is 15.5 Å². The van der Waals surface area contributed by atoms with Crippen molar-refractivity contribution in [1.29, 1.82) is 0 Å². The molecule has 0 aromatic rings. The Kier molecular flexibility index (Phi) is 9.08. The van der Waals surface area contributed by atoms with Gasteiger partial charge in [-0.3, -0.25) is 0 Å². The lowest BCUT2D eigenvalue weighted by molar-refractivity contribution is 0.0672. The van der Waals surface area contributed by atoms with E-state index in [4.69, 9.17) is 14.3 Å². The molecule has 0 radical (unpaired) electrons. The van der Waals surface area contributed by atoms with Gasteiger partial charge in [0.05, 0.1) is 34.3 Å². The molecule has 12 nitrogen and oxygen atoms in total. The number of nitrogens with zero attached hydrogens (tertiary/aromatic N) is 6. The minimum absolute atomic E-state index is 0.169. The van der Waals surface area contributed by atoms with Crippen LogP contribution in [-0.2, 0) is 14.3 Å². The number of rotatable bonds is 7. The van der Waals surface area contributed by atoms with Crippen LogP contribution >= 0.6 is 0 Å². The molecule has 3 fully saturated rings. The van der Waals surface area contributed by atoms with Crippen LogP contribution in [0.3, 0.4) is 0 Å². The molecule has 0 spiro atoms. The van der Waals surface area contributed by atoms with Crippen molar-refractivity contribution in [3.05, 3.63) is 15.6 Å². The molecule has 3 aliphatic carbocycles. The molecule has 13 heteroatoms. The van der Waals surface area contributed by atoms with E-state index in [0.29, 0.717) is 72.8 Å². The second kappa shape index (κ2) is 12.2. The highest BCUT2D eigenvalue weighted by molar-refractivity contribution is 6.61. The molecule has 0 aliphatic heterocycles. The molecule has 3 saturated carbocycles. The highest BCUT2D eigenvalue weighted by Crippen LogP contribution is 2.23. The number of hydrogen-bond acceptors (Lipinski definition) is 12. The van der Waals surface area contributed by atoms with Gasteiger partial charge in [-0.05, 0) is 77.0 Å². The minimum Gasteiger partial charge on any atom is -0.792 e. The fourth-order valence-electron chi connectivity index (χ4n) is 3.92. The molecule has 3 rings (SSSR count). The average Bonchev–Trinajstić information content (AvgIpc) is 2.89. The summed E-state index contributed by atoms with van der Waals surface area (Å²) in [5.41, 5.74) is 2.30. The Morgan fingerprint density at radius 3 is 1.06 bits per heavy atom. The highest BCUT2D eigenvalue weighted by Gasteiger charge is 2.37. The van der Waals surface area contributed by atoms with Gasteiger partial charge in [0, 0.05) is 0 Å². The Morgan fingerprint density at radius 2 is 0.818 bits per heavy atom. The topological polar surface area (TPSA) is 171 Å². The second-order valence-electron chi connectivity index (χ2n) is 8.36. The first kappa shape index (κ1) is 24.5. The summed E-state index contributed by atoms with van der Waals surface area (Å²) in [4.78, 5) is 0.